The van der Waals surface area contributed by atoms with E-state index in [2.05, 4.69) is 32.0 Å². The molecule has 2 rings (SSSR count). The van der Waals surface area contributed by atoms with Gasteiger partial charge in [0.1, 0.15) is 5.75 Å². The van der Waals surface area contributed by atoms with Gasteiger partial charge in [0.05, 0.1) is 6.10 Å². The second kappa shape index (κ2) is 4.88. The summed E-state index contributed by atoms with van der Waals surface area (Å²) in [5.74, 6) is 1.67. The first-order chi connectivity index (χ1) is 7.69. The first kappa shape index (κ1) is 11.5. The van der Waals surface area contributed by atoms with E-state index in [0.29, 0.717) is 5.92 Å². The van der Waals surface area contributed by atoms with Crippen molar-refractivity contribution >= 4 is 0 Å². The predicted molar refractivity (Wildman–Crippen MR) is 66.8 cm³/mol. The van der Waals surface area contributed by atoms with E-state index in [0.717, 1.165) is 25.1 Å². The highest BCUT2D eigenvalue weighted by atomic mass is 16.5. The van der Waals surface area contributed by atoms with E-state index in [9.17, 15) is 0 Å². The van der Waals surface area contributed by atoms with Gasteiger partial charge in [0.2, 0.25) is 0 Å². The lowest BCUT2D eigenvalue weighted by molar-refractivity contribution is 0.242. The molecule has 2 N–H and O–H groups in total. The van der Waals surface area contributed by atoms with Crippen LogP contribution in [0.1, 0.15) is 31.4 Å². The molecule has 1 aromatic carbocycles. The van der Waals surface area contributed by atoms with E-state index in [1.54, 1.807) is 0 Å². The lowest BCUT2D eigenvalue weighted by Crippen LogP contribution is -2.22. The highest BCUT2D eigenvalue weighted by molar-refractivity contribution is 5.37. The lowest BCUT2D eigenvalue weighted by atomic mass is 9.84. The van der Waals surface area contributed by atoms with Gasteiger partial charge in [-0.1, -0.05) is 6.07 Å². The maximum absolute atomic E-state index is 5.73. The zero-order valence-corrected chi connectivity index (χ0v) is 10.2. The maximum Gasteiger partial charge on any atom is 0.119 e. The van der Waals surface area contributed by atoms with Crippen LogP contribution in [0, 0.1) is 5.92 Å². The van der Waals surface area contributed by atoms with Crippen LogP contribution < -0.4 is 10.5 Å². The summed E-state index contributed by atoms with van der Waals surface area (Å²) in [6.07, 6.45) is 3.74. The van der Waals surface area contributed by atoms with Gasteiger partial charge < -0.3 is 10.5 Å². The van der Waals surface area contributed by atoms with Gasteiger partial charge in [0.25, 0.3) is 0 Å². The normalized spacial score (nSPS) is 19.6. The van der Waals surface area contributed by atoms with Gasteiger partial charge in [-0.2, -0.15) is 0 Å². The van der Waals surface area contributed by atoms with Crippen molar-refractivity contribution in [2.75, 3.05) is 6.54 Å². The van der Waals surface area contributed by atoms with Gasteiger partial charge in [-0.05, 0) is 68.8 Å². The number of hydrogen-bond donors (Lipinski definition) is 1. The molecule has 0 aromatic heterocycles. The fourth-order valence-electron chi connectivity index (χ4n) is 2.35. The van der Waals surface area contributed by atoms with Crippen LogP contribution in [0.3, 0.4) is 0 Å². The van der Waals surface area contributed by atoms with E-state index in [4.69, 9.17) is 10.5 Å². The van der Waals surface area contributed by atoms with Crippen LogP contribution in [0.15, 0.2) is 18.2 Å². The predicted octanol–water partition coefficient (Wildman–Crippen LogP) is 2.54. The smallest absolute Gasteiger partial charge is 0.119 e. The minimum absolute atomic E-state index is 0.249. The van der Waals surface area contributed by atoms with Crippen molar-refractivity contribution in [2.45, 2.75) is 39.2 Å². The van der Waals surface area contributed by atoms with Gasteiger partial charge in [-0.15, -0.1) is 0 Å². The van der Waals surface area contributed by atoms with Crippen molar-refractivity contribution in [3.8, 4) is 5.75 Å². The molecule has 0 spiro atoms. The second-order valence-electron chi connectivity index (χ2n) is 4.94. The third-order valence-electron chi connectivity index (χ3n) is 3.21. The number of rotatable bonds is 3. The minimum Gasteiger partial charge on any atom is -0.491 e. The Labute approximate surface area is 97.8 Å². The van der Waals surface area contributed by atoms with Crippen molar-refractivity contribution in [3.05, 3.63) is 29.3 Å². The van der Waals surface area contributed by atoms with Crippen LogP contribution in [-0.4, -0.2) is 12.6 Å². The quantitative estimate of drug-likeness (QED) is 0.848. The van der Waals surface area contributed by atoms with Crippen molar-refractivity contribution in [1.29, 1.82) is 0 Å². The Morgan fingerprint density at radius 1 is 1.38 bits per heavy atom. The molecule has 0 saturated heterocycles. The van der Waals surface area contributed by atoms with Gasteiger partial charge in [0, 0.05) is 0 Å². The molecule has 2 nitrogen and oxygen atoms in total. The molecule has 1 aliphatic rings. The number of ether oxygens (including phenoxy) is 1. The molecular formula is C14H21NO. The number of aryl methyl sites for hydroxylation is 1. The van der Waals surface area contributed by atoms with Crippen LogP contribution in [0.5, 0.6) is 5.75 Å². The average Bonchev–Trinajstić information content (AvgIpc) is 2.27. The summed E-state index contributed by atoms with van der Waals surface area (Å²) in [7, 11) is 0. The maximum atomic E-state index is 5.73. The molecular weight excluding hydrogens is 198 g/mol. The first-order valence-electron chi connectivity index (χ1n) is 6.17. The Balaban J connectivity index is 2.15. The van der Waals surface area contributed by atoms with Crippen LogP contribution in [0.4, 0.5) is 0 Å². The zero-order chi connectivity index (χ0) is 11.5. The zero-order valence-electron chi connectivity index (χ0n) is 10.2. The van der Waals surface area contributed by atoms with E-state index in [1.165, 1.54) is 17.5 Å². The molecule has 2 heteroatoms. The topological polar surface area (TPSA) is 35.2 Å². The Morgan fingerprint density at radius 2 is 2.19 bits per heavy atom. The van der Waals surface area contributed by atoms with Crippen molar-refractivity contribution < 1.29 is 4.74 Å². The molecule has 0 saturated carbocycles. The third kappa shape index (κ3) is 2.56. The highest BCUT2D eigenvalue weighted by Gasteiger charge is 2.17. The second-order valence-corrected chi connectivity index (χ2v) is 4.94. The molecule has 0 amide bonds. The Morgan fingerprint density at radius 3 is 2.88 bits per heavy atom. The van der Waals surface area contributed by atoms with E-state index in [-0.39, 0.29) is 6.10 Å². The van der Waals surface area contributed by atoms with Crippen LogP contribution in [-0.2, 0) is 12.8 Å². The fourth-order valence-corrected chi connectivity index (χ4v) is 2.35. The van der Waals surface area contributed by atoms with Crippen LogP contribution >= 0.6 is 0 Å². The summed E-state index contributed by atoms with van der Waals surface area (Å²) in [6, 6.07) is 6.48. The van der Waals surface area contributed by atoms with Crippen molar-refractivity contribution in [2.24, 2.45) is 11.7 Å². The molecule has 1 aromatic rings. The summed E-state index contributed by atoms with van der Waals surface area (Å²) < 4.78 is 5.71. The SMILES string of the molecule is CC(C)Oc1ccc2c(c1)CCC(CN)C2. The van der Waals surface area contributed by atoms with Gasteiger partial charge in [0.15, 0.2) is 0 Å². The van der Waals surface area contributed by atoms with E-state index >= 15 is 0 Å². The molecule has 88 valence electrons. The number of fused-ring (bicyclic) bond motifs is 1. The van der Waals surface area contributed by atoms with Gasteiger partial charge in [-0.3, -0.25) is 0 Å². The molecule has 0 radical (unpaired) electrons. The van der Waals surface area contributed by atoms with Crippen molar-refractivity contribution in [3.63, 3.8) is 0 Å². The molecule has 1 aliphatic carbocycles. The summed E-state index contributed by atoms with van der Waals surface area (Å²) in [6.45, 7) is 4.93. The summed E-state index contributed by atoms with van der Waals surface area (Å²) in [4.78, 5) is 0. The molecule has 0 fully saturated rings. The minimum atomic E-state index is 0.249. The van der Waals surface area contributed by atoms with Gasteiger partial charge >= 0.3 is 0 Å². The van der Waals surface area contributed by atoms with Gasteiger partial charge in [-0.25, -0.2) is 0 Å². The summed E-state index contributed by atoms with van der Waals surface area (Å²) in [5, 5.41) is 0. The van der Waals surface area contributed by atoms with Crippen LogP contribution in [0.25, 0.3) is 0 Å². The van der Waals surface area contributed by atoms with Crippen LogP contribution in [0.2, 0.25) is 0 Å². The summed E-state index contributed by atoms with van der Waals surface area (Å²) >= 11 is 0. The molecule has 1 atom stereocenters. The van der Waals surface area contributed by atoms with Crippen molar-refractivity contribution in [1.82, 2.24) is 0 Å². The average molecular weight is 219 g/mol. The molecule has 0 heterocycles. The van der Waals surface area contributed by atoms with E-state index in [1.807, 2.05) is 0 Å². The Hall–Kier alpha value is -1.02. The number of nitrogens with two attached hydrogens (primary N) is 1. The standard InChI is InChI=1S/C14H21NO/c1-10(2)16-14-6-5-12-7-11(9-15)3-4-13(12)8-14/h5-6,8,10-11H,3-4,7,9,15H2,1-2H3. The number of hydrogen-bond acceptors (Lipinski definition) is 2. The monoisotopic (exact) mass is 219 g/mol. The summed E-state index contributed by atoms with van der Waals surface area (Å²) in [5.41, 5.74) is 8.63. The lowest BCUT2D eigenvalue weighted by Gasteiger charge is -2.24. The third-order valence-corrected chi connectivity index (χ3v) is 3.21. The molecule has 1 unspecified atom stereocenters. The molecule has 16 heavy (non-hydrogen) atoms. The molecule has 0 aliphatic heterocycles. The highest BCUT2D eigenvalue weighted by Crippen LogP contribution is 2.28. The largest absolute Gasteiger partial charge is 0.491 e. The Kier molecular flexibility index (Phi) is 3.49. The molecule has 0 bridgehead atoms. The fraction of sp³-hybridized carbons (Fsp3) is 0.571. The van der Waals surface area contributed by atoms with E-state index < -0.39 is 0 Å². The Bertz CT molecular complexity index is 360. The first-order valence-corrected chi connectivity index (χ1v) is 6.17. The number of benzene rings is 1.